The first-order valence-electron chi connectivity index (χ1n) is 6.55. The van der Waals surface area contributed by atoms with Gasteiger partial charge in [0.15, 0.2) is 0 Å². The molecule has 2 rings (SSSR count). The lowest BCUT2D eigenvalue weighted by Gasteiger charge is -2.41. The molecule has 1 saturated heterocycles. The standard InChI is InChI=1S/C12H24N2O2/c15-10-9-13-5-7-14(8-6-13)11-1-3-12(16)4-2-11/h11-12,15-16H,1-10H2. The van der Waals surface area contributed by atoms with Crippen LogP contribution in [0.5, 0.6) is 0 Å². The molecule has 0 amide bonds. The van der Waals surface area contributed by atoms with Gasteiger partial charge in [0.25, 0.3) is 0 Å². The number of aliphatic hydroxyl groups excluding tert-OH is 2. The van der Waals surface area contributed by atoms with Gasteiger partial charge >= 0.3 is 0 Å². The van der Waals surface area contributed by atoms with Crippen molar-refractivity contribution in [1.82, 2.24) is 9.80 Å². The van der Waals surface area contributed by atoms with Gasteiger partial charge in [-0.2, -0.15) is 0 Å². The summed E-state index contributed by atoms with van der Waals surface area (Å²) < 4.78 is 0. The van der Waals surface area contributed by atoms with E-state index in [0.717, 1.165) is 58.4 Å². The Morgan fingerprint density at radius 3 is 2.12 bits per heavy atom. The fourth-order valence-corrected chi connectivity index (χ4v) is 2.92. The molecule has 1 aliphatic carbocycles. The lowest BCUT2D eigenvalue weighted by molar-refractivity contribution is 0.0401. The molecule has 0 radical (unpaired) electrons. The molecule has 4 nitrogen and oxygen atoms in total. The summed E-state index contributed by atoms with van der Waals surface area (Å²) in [5, 5.41) is 18.4. The van der Waals surface area contributed by atoms with Gasteiger partial charge in [-0.3, -0.25) is 9.80 Å². The summed E-state index contributed by atoms with van der Waals surface area (Å²) >= 11 is 0. The Morgan fingerprint density at radius 1 is 0.938 bits per heavy atom. The van der Waals surface area contributed by atoms with Gasteiger partial charge in [0.2, 0.25) is 0 Å². The first kappa shape index (κ1) is 12.3. The van der Waals surface area contributed by atoms with Crippen molar-refractivity contribution in [3.8, 4) is 0 Å². The van der Waals surface area contributed by atoms with Gasteiger partial charge in [0.1, 0.15) is 0 Å². The minimum atomic E-state index is -0.0491. The number of rotatable bonds is 3. The fraction of sp³-hybridized carbons (Fsp3) is 1.00. The van der Waals surface area contributed by atoms with E-state index in [4.69, 9.17) is 5.11 Å². The molecule has 0 spiro atoms. The van der Waals surface area contributed by atoms with Gasteiger partial charge in [0, 0.05) is 38.8 Å². The molecule has 1 heterocycles. The van der Waals surface area contributed by atoms with Gasteiger partial charge in [0.05, 0.1) is 12.7 Å². The maximum Gasteiger partial charge on any atom is 0.0558 e. The van der Waals surface area contributed by atoms with E-state index in [1.54, 1.807) is 0 Å². The van der Waals surface area contributed by atoms with E-state index in [1.807, 2.05) is 0 Å². The van der Waals surface area contributed by atoms with E-state index in [1.165, 1.54) is 0 Å². The van der Waals surface area contributed by atoms with E-state index in [9.17, 15) is 5.11 Å². The Hall–Kier alpha value is -0.160. The zero-order chi connectivity index (χ0) is 11.4. The zero-order valence-electron chi connectivity index (χ0n) is 10.0. The first-order valence-corrected chi connectivity index (χ1v) is 6.55. The van der Waals surface area contributed by atoms with Gasteiger partial charge in [-0.25, -0.2) is 0 Å². The number of hydrogen-bond acceptors (Lipinski definition) is 4. The van der Waals surface area contributed by atoms with Crippen LogP contribution in [0.4, 0.5) is 0 Å². The van der Waals surface area contributed by atoms with Crippen LogP contribution in [0.3, 0.4) is 0 Å². The second kappa shape index (κ2) is 5.96. The number of piperazine rings is 1. The van der Waals surface area contributed by atoms with Crippen LogP contribution in [0.15, 0.2) is 0 Å². The summed E-state index contributed by atoms with van der Waals surface area (Å²) in [7, 11) is 0. The van der Waals surface area contributed by atoms with Crippen LogP contribution in [0.2, 0.25) is 0 Å². The highest BCUT2D eigenvalue weighted by Crippen LogP contribution is 2.23. The lowest BCUT2D eigenvalue weighted by Crippen LogP contribution is -2.51. The molecule has 0 aromatic heterocycles. The predicted octanol–water partition coefficient (Wildman–Crippen LogP) is -0.100. The van der Waals surface area contributed by atoms with Gasteiger partial charge in [-0.05, 0) is 25.7 Å². The molecule has 1 saturated carbocycles. The molecule has 2 aliphatic rings. The molecular formula is C12H24N2O2. The lowest BCUT2D eigenvalue weighted by atomic mass is 9.91. The molecule has 16 heavy (non-hydrogen) atoms. The van der Waals surface area contributed by atoms with Crippen molar-refractivity contribution in [3.63, 3.8) is 0 Å². The predicted molar refractivity (Wildman–Crippen MR) is 63.4 cm³/mol. The number of nitrogens with zero attached hydrogens (tertiary/aromatic N) is 2. The molecule has 0 unspecified atom stereocenters. The molecule has 0 aromatic carbocycles. The van der Waals surface area contributed by atoms with Crippen molar-refractivity contribution in [2.24, 2.45) is 0 Å². The Morgan fingerprint density at radius 2 is 1.56 bits per heavy atom. The van der Waals surface area contributed by atoms with E-state index in [-0.39, 0.29) is 12.7 Å². The Bertz CT molecular complexity index is 197. The van der Waals surface area contributed by atoms with E-state index in [2.05, 4.69) is 9.80 Å². The van der Waals surface area contributed by atoms with Gasteiger partial charge in [-0.1, -0.05) is 0 Å². The van der Waals surface area contributed by atoms with Crippen LogP contribution in [0.1, 0.15) is 25.7 Å². The third-order valence-corrected chi connectivity index (χ3v) is 4.01. The van der Waals surface area contributed by atoms with Crippen LogP contribution in [0.25, 0.3) is 0 Å². The fourth-order valence-electron chi connectivity index (χ4n) is 2.92. The Kier molecular flexibility index (Phi) is 4.58. The van der Waals surface area contributed by atoms with Gasteiger partial charge in [-0.15, -0.1) is 0 Å². The van der Waals surface area contributed by atoms with E-state index in [0.29, 0.717) is 6.04 Å². The van der Waals surface area contributed by atoms with Crippen LogP contribution < -0.4 is 0 Å². The van der Waals surface area contributed by atoms with E-state index < -0.39 is 0 Å². The highest BCUT2D eigenvalue weighted by molar-refractivity contribution is 4.82. The van der Waals surface area contributed by atoms with Crippen LogP contribution in [-0.4, -0.2) is 71.5 Å². The van der Waals surface area contributed by atoms with E-state index >= 15 is 0 Å². The molecule has 1 aliphatic heterocycles. The molecule has 2 N–H and O–H groups in total. The van der Waals surface area contributed by atoms with Crippen LogP contribution in [-0.2, 0) is 0 Å². The number of hydrogen-bond donors (Lipinski definition) is 2. The third-order valence-electron chi connectivity index (χ3n) is 4.01. The quantitative estimate of drug-likeness (QED) is 0.708. The summed E-state index contributed by atoms with van der Waals surface area (Å²) in [5.74, 6) is 0. The number of aliphatic hydroxyl groups is 2. The van der Waals surface area contributed by atoms with Crippen molar-refractivity contribution in [1.29, 1.82) is 0 Å². The SMILES string of the molecule is OCCN1CCN(C2CCC(O)CC2)CC1. The molecular weight excluding hydrogens is 204 g/mol. The molecule has 0 aromatic rings. The highest BCUT2D eigenvalue weighted by atomic mass is 16.3. The molecule has 0 atom stereocenters. The summed E-state index contributed by atoms with van der Waals surface area (Å²) in [4.78, 5) is 4.90. The second-order valence-electron chi connectivity index (χ2n) is 5.06. The number of β-amino-alcohol motifs (C(OH)–C–C–N with tert-alkyl or cyclic N) is 1. The first-order chi connectivity index (χ1) is 7.79. The smallest absolute Gasteiger partial charge is 0.0558 e. The van der Waals surface area contributed by atoms with Crippen molar-refractivity contribution in [2.45, 2.75) is 37.8 Å². The van der Waals surface area contributed by atoms with Crippen molar-refractivity contribution >= 4 is 0 Å². The summed E-state index contributed by atoms with van der Waals surface area (Å²) in [6.07, 6.45) is 4.21. The maximum absolute atomic E-state index is 9.48. The average molecular weight is 228 g/mol. The molecule has 0 bridgehead atoms. The minimum Gasteiger partial charge on any atom is -0.395 e. The minimum absolute atomic E-state index is 0.0491. The zero-order valence-corrected chi connectivity index (χ0v) is 10.0. The van der Waals surface area contributed by atoms with Crippen LogP contribution in [0, 0.1) is 0 Å². The van der Waals surface area contributed by atoms with Crippen molar-refractivity contribution in [2.75, 3.05) is 39.3 Å². The second-order valence-corrected chi connectivity index (χ2v) is 5.06. The normalized spacial score (nSPS) is 34.1. The third kappa shape index (κ3) is 3.17. The maximum atomic E-state index is 9.48. The molecule has 2 fully saturated rings. The molecule has 94 valence electrons. The summed E-state index contributed by atoms with van der Waals surface area (Å²) in [5.41, 5.74) is 0. The average Bonchev–Trinajstić information content (AvgIpc) is 2.32. The molecule has 4 heteroatoms. The van der Waals surface area contributed by atoms with Crippen LogP contribution >= 0.6 is 0 Å². The summed E-state index contributed by atoms with van der Waals surface area (Å²) in [6.45, 7) is 5.51. The summed E-state index contributed by atoms with van der Waals surface area (Å²) in [6, 6.07) is 0.694. The Labute approximate surface area is 97.9 Å². The van der Waals surface area contributed by atoms with Gasteiger partial charge < -0.3 is 10.2 Å². The van der Waals surface area contributed by atoms with Crippen molar-refractivity contribution in [3.05, 3.63) is 0 Å². The largest absolute Gasteiger partial charge is 0.395 e. The topological polar surface area (TPSA) is 46.9 Å². The highest BCUT2D eigenvalue weighted by Gasteiger charge is 2.27. The monoisotopic (exact) mass is 228 g/mol. The Balaban J connectivity index is 1.72. The van der Waals surface area contributed by atoms with Crippen molar-refractivity contribution < 1.29 is 10.2 Å².